The molecule has 2 aliphatic rings. The lowest BCUT2D eigenvalue weighted by atomic mass is 9.90. The van der Waals surface area contributed by atoms with Crippen LogP contribution < -0.4 is 14.2 Å². The number of carbonyl (C=O) groups is 1. The summed E-state index contributed by atoms with van der Waals surface area (Å²) in [7, 11) is 1.56. The monoisotopic (exact) mass is 488 g/mol. The Balaban J connectivity index is 1.62. The Hall–Kier alpha value is -2.69. The molecule has 0 saturated carbocycles. The first-order valence-electron chi connectivity index (χ1n) is 11.8. The maximum absolute atomic E-state index is 12.1. The Bertz CT molecular complexity index is 997. The van der Waals surface area contributed by atoms with E-state index >= 15 is 0 Å². The molecule has 2 heterocycles. The molecule has 9 heteroatoms. The summed E-state index contributed by atoms with van der Waals surface area (Å²) < 4.78 is 28.4. The van der Waals surface area contributed by atoms with Crippen LogP contribution in [0.25, 0.3) is 0 Å². The summed E-state index contributed by atoms with van der Waals surface area (Å²) >= 11 is 0. The van der Waals surface area contributed by atoms with E-state index in [1.165, 1.54) is 0 Å². The second kappa shape index (κ2) is 11.4. The van der Waals surface area contributed by atoms with Crippen LogP contribution in [0.2, 0.25) is 0 Å². The lowest BCUT2D eigenvalue weighted by molar-refractivity contribution is -0.188. The molecule has 4 rings (SSSR count). The molecule has 1 unspecified atom stereocenters. The first kappa shape index (κ1) is 25.4. The number of rotatable bonds is 9. The maximum atomic E-state index is 12.1. The van der Waals surface area contributed by atoms with Crippen LogP contribution in [0.3, 0.4) is 0 Å². The third kappa shape index (κ3) is 5.60. The zero-order valence-corrected chi connectivity index (χ0v) is 19.9. The number of aliphatic hydroxyl groups is 3. The van der Waals surface area contributed by atoms with Gasteiger partial charge in [-0.05, 0) is 36.2 Å². The average Bonchev–Trinajstić information content (AvgIpc) is 3.38. The van der Waals surface area contributed by atoms with Crippen molar-refractivity contribution in [1.29, 1.82) is 0 Å². The van der Waals surface area contributed by atoms with Crippen LogP contribution in [0.4, 0.5) is 0 Å². The minimum Gasteiger partial charge on any atom is -0.496 e. The highest BCUT2D eigenvalue weighted by Gasteiger charge is 2.45. The van der Waals surface area contributed by atoms with Gasteiger partial charge in [-0.15, -0.1) is 0 Å². The van der Waals surface area contributed by atoms with Crippen LogP contribution in [0, 0.1) is 0 Å². The number of hydrogen-bond acceptors (Lipinski definition) is 9. The van der Waals surface area contributed by atoms with E-state index < -0.39 is 36.8 Å². The number of carbonyl (C=O) groups excluding carboxylic acids is 1. The van der Waals surface area contributed by atoms with Crippen molar-refractivity contribution in [3.05, 3.63) is 53.1 Å². The van der Waals surface area contributed by atoms with Gasteiger partial charge in [-0.25, -0.2) is 0 Å². The number of benzene rings is 2. The highest BCUT2D eigenvalue weighted by Crippen LogP contribution is 2.40. The summed E-state index contributed by atoms with van der Waals surface area (Å²) in [6.45, 7) is 2.87. The SMILES string of the molecule is CCOc1cc(OC)c(Cc2ccc(O[C@H]3CCOC3)cc2)cc1[C@@H]1O[C@H](CO)C(=O)[C@H](O)C1O. The number of hydrogen-bond donors (Lipinski definition) is 3. The predicted molar refractivity (Wildman–Crippen MR) is 125 cm³/mol. The first-order valence-corrected chi connectivity index (χ1v) is 11.8. The summed E-state index contributed by atoms with van der Waals surface area (Å²) in [6, 6.07) is 11.3. The Morgan fingerprint density at radius 3 is 2.51 bits per heavy atom. The van der Waals surface area contributed by atoms with Gasteiger partial charge in [-0.1, -0.05) is 12.1 Å². The highest BCUT2D eigenvalue weighted by molar-refractivity contribution is 5.88. The Kier molecular flexibility index (Phi) is 8.25. The van der Waals surface area contributed by atoms with Crippen LogP contribution >= 0.6 is 0 Å². The molecule has 2 fully saturated rings. The fraction of sp³-hybridized carbons (Fsp3) is 0.500. The molecule has 5 atom stereocenters. The van der Waals surface area contributed by atoms with E-state index in [9.17, 15) is 20.1 Å². The molecule has 2 aromatic carbocycles. The third-order valence-electron chi connectivity index (χ3n) is 6.25. The highest BCUT2D eigenvalue weighted by atomic mass is 16.5. The smallest absolute Gasteiger partial charge is 0.195 e. The largest absolute Gasteiger partial charge is 0.496 e. The van der Waals surface area contributed by atoms with Crippen molar-refractivity contribution >= 4 is 5.78 Å². The number of aliphatic hydroxyl groups excluding tert-OH is 3. The van der Waals surface area contributed by atoms with Crippen LogP contribution in [0.5, 0.6) is 17.2 Å². The molecular formula is C26H32O9. The van der Waals surface area contributed by atoms with Crippen LogP contribution in [-0.2, 0) is 20.7 Å². The Morgan fingerprint density at radius 1 is 1.11 bits per heavy atom. The van der Waals surface area contributed by atoms with Gasteiger partial charge in [0.05, 0.1) is 33.5 Å². The lowest BCUT2D eigenvalue weighted by Crippen LogP contribution is -2.52. The fourth-order valence-electron chi connectivity index (χ4n) is 4.40. The standard InChI is InChI=1S/C26H32O9/c1-3-33-21-12-20(31-2)16(10-15-4-6-17(7-5-15)34-18-8-9-32-14-18)11-19(21)26-25(30)24(29)23(28)22(13-27)35-26/h4-7,11-12,18,22,24-27,29-30H,3,8-10,13-14H2,1-2H3/t18-,22+,24-,25?,26-/m0/s1. The van der Waals surface area contributed by atoms with E-state index in [4.69, 9.17) is 23.7 Å². The Labute approximate surface area is 204 Å². The maximum Gasteiger partial charge on any atom is 0.195 e. The zero-order chi connectivity index (χ0) is 24.9. The quantitative estimate of drug-likeness (QED) is 0.483. The zero-order valence-electron chi connectivity index (χ0n) is 19.9. The number of ketones is 1. The summed E-state index contributed by atoms with van der Waals surface area (Å²) in [5, 5.41) is 30.4. The molecule has 0 aromatic heterocycles. The predicted octanol–water partition coefficient (Wildman–Crippen LogP) is 1.58. The fourth-order valence-corrected chi connectivity index (χ4v) is 4.40. The van der Waals surface area contributed by atoms with E-state index in [0.717, 1.165) is 23.3 Å². The first-order chi connectivity index (χ1) is 16.9. The summed E-state index contributed by atoms with van der Waals surface area (Å²) in [5.74, 6) is 1.00. The average molecular weight is 489 g/mol. The van der Waals surface area contributed by atoms with Gasteiger partial charge in [0.25, 0.3) is 0 Å². The second-order valence-electron chi connectivity index (χ2n) is 8.62. The van der Waals surface area contributed by atoms with Gasteiger partial charge >= 0.3 is 0 Å². The van der Waals surface area contributed by atoms with Crippen molar-refractivity contribution in [3.63, 3.8) is 0 Å². The lowest BCUT2D eigenvalue weighted by Gasteiger charge is -2.36. The van der Waals surface area contributed by atoms with Crippen LogP contribution in [-0.4, -0.2) is 79.1 Å². The van der Waals surface area contributed by atoms with E-state index in [1.807, 2.05) is 31.2 Å². The third-order valence-corrected chi connectivity index (χ3v) is 6.25. The van der Waals surface area contributed by atoms with Gasteiger partial charge in [0.2, 0.25) is 0 Å². The van der Waals surface area contributed by atoms with E-state index in [-0.39, 0.29) is 6.10 Å². The molecule has 0 bridgehead atoms. The van der Waals surface area contributed by atoms with Crippen molar-refractivity contribution in [2.75, 3.05) is 33.5 Å². The van der Waals surface area contributed by atoms with E-state index in [0.29, 0.717) is 43.3 Å². The Morgan fingerprint density at radius 2 is 1.89 bits per heavy atom. The number of ether oxygens (including phenoxy) is 5. The molecular weight excluding hydrogens is 456 g/mol. The topological polar surface area (TPSA) is 124 Å². The minimum absolute atomic E-state index is 0.0708. The van der Waals surface area contributed by atoms with E-state index in [2.05, 4.69) is 0 Å². The van der Waals surface area contributed by atoms with E-state index in [1.54, 1.807) is 19.2 Å². The summed E-state index contributed by atoms with van der Waals surface area (Å²) in [4.78, 5) is 12.1. The number of methoxy groups -OCH3 is 1. The van der Waals surface area contributed by atoms with Crippen LogP contribution in [0.1, 0.15) is 36.1 Å². The second-order valence-corrected chi connectivity index (χ2v) is 8.62. The molecule has 0 radical (unpaired) electrons. The van der Waals surface area contributed by atoms with Gasteiger partial charge in [0.1, 0.15) is 47.8 Å². The van der Waals surface area contributed by atoms with Crippen molar-refractivity contribution < 1.29 is 43.8 Å². The van der Waals surface area contributed by atoms with Gasteiger partial charge in [0, 0.05) is 24.5 Å². The molecule has 190 valence electrons. The van der Waals surface area contributed by atoms with Crippen molar-refractivity contribution in [2.45, 2.75) is 50.3 Å². The van der Waals surface area contributed by atoms with Gasteiger partial charge < -0.3 is 39.0 Å². The van der Waals surface area contributed by atoms with Gasteiger partial charge in [-0.3, -0.25) is 4.79 Å². The van der Waals surface area contributed by atoms with Crippen LogP contribution in [0.15, 0.2) is 36.4 Å². The number of Topliss-reactive ketones (excluding diaryl/α,β-unsaturated/α-hetero) is 1. The molecule has 0 aliphatic carbocycles. The van der Waals surface area contributed by atoms with Gasteiger partial charge in [0.15, 0.2) is 5.78 Å². The normalized spacial score (nSPS) is 26.5. The molecule has 2 aromatic rings. The van der Waals surface area contributed by atoms with Crippen molar-refractivity contribution in [1.82, 2.24) is 0 Å². The van der Waals surface area contributed by atoms with Crippen molar-refractivity contribution in [2.24, 2.45) is 0 Å². The summed E-state index contributed by atoms with van der Waals surface area (Å²) in [5.41, 5.74) is 2.26. The molecule has 35 heavy (non-hydrogen) atoms. The molecule has 3 N–H and O–H groups in total. The van der Waals surface area contributed by atoms with Gasteiger partial charge in [-0.2, -0.15) is 0 Å². The molecule has 2 aliphatic heterocycles. The molecule has 0 spiro atoms. The summed E-state index contributed by atoms with van der Waals surface area (Å²) in [6.07, 6.45) is -4.05. The van der Waals surface area contributed by atoms with Crippen molar-refractivity contribution in [3.8, 4) is 17.2 Å². The molecule has 9 nitrogen and oxygen atoms in total. The minimum atomic E-state index is -1.68. The molecule has 0 amide bonds. The molecule has 2 saturated heterocycles.